The topological polar surface area (TPSA) is 131 Å². The van der Waals surface area contributed by atoms with Crippen molar-refractivity contribution in [1.82, 2.24) is 19.2 Å². The van der Waals surface area contributed by atoms with Crippen LogP contribution in [0.5, 0.6) is 5.75 Å². The lowest BCUT2D eigenvalue weighted by molar-refractivity contribution is 0.129. The summed E-state index contributed by atoms with van der Waals surface area (Å²) in [5, 5.41) is 22.9. The molecule has 2 aliphatic rings. The number of hydrogen-bond acceptors (Lipinski definition) is 10. The van der Waals surface area contributed by atoms with Gasteiger partial charge in [0.05, 0.1) is 30.7 Å². The highest BCUT2D eigenvalue weighted by molar-refractivity contribution is 7.89. The molecule has 0 aliphatic carbocycles. The summed E-state index contributed by atoms with van der Waals surface area (Å²) in [7, 11) is -2.28. The number of β-amino-alcohol motifs (C(OH)–C–C–N with tert-alkyl or cyclic N) is 2. The molecule has 0 radical (unpaired) electrons. The molecule has 3 N–H and O–H groups in total. The van der Waals surface area contributed by atoms with Crippen LogP contribution in [0.25, 0.3) is 0 Å². The third-order valence-corrected chi connectivity index (χ3v) is 9.62. The molecular formula is C28H35ClN6O5S. The molecule has 1 saturated heterocycles. The highest BCUT2D eigenvalue weighted by atomic mass is 35.5. The number of methoxy groups -OCH3 is 1. The summed E-state index contributed by atoms with van der Waals surface area (Å²) in [4.78, 5) is 11.2. The Morgan fingerprint density at radius 2 is 1.90 bits per heavy atom. The van der Waals surface area contributed by atoms with Crippen molar-refractivity contribution >= 4 is 44.9 Å². The number of aliphatic hydroxyl groups excluding tert-OH is 2. The molecule has 0 spiro atoms. The Morgan fingerprint density at radius 1 is 1.17 bits per heavy atom. The number of para-hydroxylation sites is 1. The van der Waals surface area contributed by atoms with E-state index in [0.29, 0.717) is 24.4 Å². The van der Waals surface area contributed by atoms with Crippen molar-refractivity contribution in [2.45, 2.75) is 43.3 Å². The van der Waals surface area contributed by atoms with Crippen molar-refractivity contribution in [2.24, 2.45) is 0 Å². The van der Waals surface area contributed by atoms with Crippen LogP contribution in [-0.4, -0.2) is 89.8 Å². The smallest absolute Gasteiger partial charge is 0.245 e. The van der Waals surface area contributed by atoms with Crippen LogP contribution in [0.3, 0.4) is 0 Å². The second kappa shape index (κ2) is 12.5. The monoisotopic (exact) mass is 602 g/mol. The third kappa shape index (κ3) is 6.58. The predicted molar refractivity (Wildman–Crippen MR) is 158 cm³/mol. The number of aromatic nitrogens is 2. The number of fused-ring (bicyclic) bond motifs is 1. The molecule has 13 heteroatoms. The molecule has 3 aromatic rings. The van der Waals surface area contributed by atoms with Crippen molar-refractivity contribution in [2.75, 3.05) is 49.6 Å². The number of anilines is 4. The van der Waals surface area contributed by atoms with E-state index in [-0.39, 0.29) is 41.5 Å². The minimum Gasteiger partial charge on any atom is -0.495 e. The van der Waals surface area contributed by atoms with Gasteiger partial charge in [0.25, 0.3) is 0 Å². The number of benzene rings is 2. The molecule has 5 rings (SSSR count). The Morgan fingerprint density at radius 3 is 2.59 bits per heavy atom. The molecule has 0 unspecified atom stereocenters. The Hall–Kier alpha value is -3.00. The fourth-order valence-corrected chi connectivity index (χ4v) is 7.25. The van der Waals surface area contributed by atoms with E-state index in [1.165, 1.54) is 32.1 Å². The van der Waals surface area contributed by atoms with Gasteiger partial charge in [0.1, 0.15) is 10.6 Å². The normalized spacial score (nSPS) is 18.9. The molecule has 41 heavy (non-hydrogen) atoms. The lowest BCUT2D eigenvalue weighted by atomic mass is 10.0. The number of nitrogens with zero attached hydrogens (tertiary/aromatic N) is 5. The van der Waals surface area contributed by atoms with Crippen molar-refractivity contribution in [1.29, 1.82) is 0 Å². The number of halogens is 1. The first-order valence-electron chi connectivity index (χ1n) is 13.6. The molecule has 0 amide bonds. The van der Waals surface area contributed by atoms with Gasteiger partial charge in [0.2, 0.25) is 16.0 Å². The van der Waals surface area contributed by atoms with Crippen LogP contribution in [0.2, 0.25) is 0 Å². The summed E-state index contributed by atoms with van der Waals surface area (Å²) in [6, 6.07) is 12.1. The first kappa shape index (κ1) is 29.5. The fourth-order valence-electron chi connectivity index (χ4n) is 5.29. The summed E-state index contributed by atoms with van der Waals surface area (Å²) < 4.78 is 34.9. The van der Waals surface area contributed by atoms with Gasteiger partial charge in [-0.25, -0.2) is 17.8 Å². The van der Waals surface area contributed by atoms with Gasteiger partial charge in [0.15, 0.2) is 5.82 Å². The van der Waals surface area contributed by atoms with E-state index in [1.807, 2.05) is 12.1 Å². The van der Waals surface area contributed by atoms with E-state index in [4.69, 9.17) is 16.5 Å². The number of rotatable bonds is 9. The molecular weight excluding hydrogens is 568 g/mol. The van der Waals surface area contributed by atoms with E-state index in [2.05, 4.69) is 20.2 Å². The molecule has 2 aromatic carbocycles. The van der Waals surface area contributed by atoms with Gasteiger partial charge in [0, 0.05) is 56.8 Å². The standard InChI is InChI=1S/C28H35ClN6O5S/c1-19(36)17-33-12-8-20-15-23(25(40-2)16-21(20)9-13-33)31-28-30-11-7-27(32-28)35(29)24-5-3-4-6-26(24)41(38,39)34-14-10-22(37)18-34/h3-7,11,15-16,19,22,36-37H,8-10,12-14,17-18H2,1-2H3,(H,30,31,32)/t19-,22-/m1/s1. The second-order valence-corrected chi connectivity index (χ2v) is 12.6. The number of hydrogen-bond donors (Lipinski definition) is 3. The second-order valence-electron chi connectivity index (χ2n) is 10.4. The van der Waals surface area contributed by atoms with E-state index >= 15 is 0 Å². The van der Waals surface area contributed by atoms with Crippen LogP contribution in [0.1, 0.15) is 24.5 Å². The summed E-state index contributed by atoms with van der Waals surface area (Å²) in [5.74, 6) is 1.18. The van der Waals surface area contributed by atoms with Crippen LogP contribution in [0, 0.1) is 0 Å². The fraction of sp³-hybridized carbons (Fsp3) is 0.429. The first-order chi connectivity index (χ1) is 19.7. The molecule has 2 atom stereocenters. The summed E-state index contributed by atoms with van der Waals surface area (Å²) in [5.41, 5.74) is 3.32. The number of nitrogens with one attached hydrogen (secondary N) is 1. The molecule has 1 aromatic heterocycles. The van der Waals surface area contributed by atoms with Gasteiger partial charge in [-0.15, -0.1) is 0 Å². The zero-order valence-corrected chi connectivity index (χ0v) is 24.6. The maximum atomic E-state index is 13.4. The number of aliphatic hydroxyl groups is 2. The van der Waals surface area contributed by atoms with Crippen molar-refractivity contribution in [3.63, 3.8) is 0 Å². The largest absolute Gasteiger partial charge is 0.495 e. The maximum absolute atomic E-state index is 13.4. The van der Waals surface area contributed by atoms with Gasteiger partial charge >= 0.3 is 0 Å². The molecule has 220 valence electrons. The lowest BCUT2D eigenvalue weighted by Crippen LogP contribution is -2.33. The van der Waals surface area contributed by atoms with E-state index in [1.54, 1.807) is 38.3 Å². The first-order valence-corrected chi connectivity index (χ1v) is 15.4. The Labute approximate surface area is 245 Å². The quantitative estimate of drug-likeness (QED) is 0.314. The van der Waals surface area contributed by atoms with Gasteiger partial charge in [-0.2, -0.15) is 9.29 Å². The molecule has 11 nitrogen and oxygen atoms in total. The highest BCUT2D eigenvalue weighted by Crippen LogP contribution is 2.36. The van der Waals surface area contributed by atoms with E-state index in [9.17, 15) is 18.6 Å². The summed E-state index contributed by atoms with van der Waals surface area (Å²) >= 11 is 6.71. The Kier molecular flexibility index (Phi) is 8.97. The van der Waals surface area contributed by atoms with Crippen LogP contribution < -0.4 is 14.5 Å². The van der Waals surface area contributed by atoms with Crippen LogP contribution in [0.4, 0.5) is 23.1 Å². The molecule has 0 bridgehead atoms. The van der Waals surface area contributed by atoms with Crippen molar-refractivity contribution < 1.29 is 23.4 Å². The van der Waals surface area contributed by atoms with Crippen molar-refractivity contribution in [3.8, 4) is 5.75 Å². The minimum atomic E-state index is -3.89. The van der Waals surface area contributed by atoms with Crippen molar-refractivity contribution in [3.05, 3.63) is 59.8 Å². The zero-order chi connectivity index (χ0) is 29.1. The molecule has 3 heterocycles. The average Bonchev–Trinajstić information content (AvgIpc) is 3.32. The molecule has 2 aliphatic heterocycles. The summed E-state index contributed by atoms with van der Waals surface area (Å²) in [6.45, 7) is 4.42. The number of ether oxygens (including phenoxy) is 1. The van der Waals surface area contributed by atoms with Crippen LogP contribution in [0.15, 0.2) is 53.6 Å². The Balaban J connectivity index is 1.39. The van der Waals surface area contributed by atoms with Crippen LogP contribution in [-0.2, 0) is 22.9 Å². The molecule has 0 saturated carbocycles. The van der Waals surface area contributed by atoms with Gasteiger partial charge in [-0.1, -0.05) is 12.1 Å². The molecule has 1 fully saturated rings. The van der Waals surface area contributed by atoms with E-state index in [0.717, 1.165) is 25.9 Å². The predicted octanol–water partition coefficient (Wildman–Crippen LogP) is 3.06. The lowest BCUT2D eigenvalue weighted by Gasteiger charge is -2.22. The van der Waals surface area contributed by atoms with Gasteiger partial charge < -0.3 is 25.2 Å². The summed E-state index contributed by atoms with van der Waals surface area (Å²) in [6.07, 6.45) is 2.54. The third-order valence-electron chi connectivity index (χ3n) is 7.35. The van der Waals surface area contributed by atoms with Gasteiger partial charge in [-0.05, 0) is 61.6 Å². The van der Waals surface area contributed by atoms with Crippen LogP contribution >= 0.6 is 11.8 Å². The zero-order valence-electron chi connectivity index (χ0n) is 23.1. The Bertz CT molecular complexity index is 1490. The average molecular weight is 603 g/mol. The van der Waals surface area contributed by atoms with E-state index < -0.39 is 16.1 Å². The minimum absolute atomic E-state index is 0.0225. The van der Waals surface area contributed by atoms with Gasteiger partial charge in [-0.3, -0.25) is 0 Å². The maximum Gasteiger partial charge on any atom is 0.245 e. The highest BCUT2D eigenvalue weighted by Gasteiger charge is 2.34. The number of sulfonamides is 1. The SMILES string of the molecule is COc1cc2c(cc1Nc1nccc(N(Cl)c3ccccc3S(=O)(=O)N3CC[C@@H](O)C3)n1)CCN(C[C@@H](C)O)CC2.